The first-order valence-corrected chi connectivity index (χ1v) is 12.9. The van der Waals surface area contributed by atoms with Crippen LogP contribution < -0.4 is 10.0 Å². The molecule has 0 bridgehead atoms. The van der Waals surface area contributed by atoms with Crippen molar-refractivity contribution in [2.24, 2.45) is 0 Å². The van der Waals surface area contributed by atoms with Crippen molar-refractivity contribution >= 4 is 33.7 Å². The number of amides is 1. The van der Waals surface area contributed by atoms with Crippen molar-refractivity contribution < 1.29 is 43.2 Å². The number of carbonyl (C=O) groups is 1. The second-order valence-corrected chi connectivity index (χ2v) is 10.0. The van der Waals surface area contributed by atoms with Crippen LogP contribution in [0.3, 0.4) is 0 Å². The van der Waals surface area contributed by atoms with Gasteiger partial charge in [0.1, 0.15) is 24.6 Å². The zero-order valence-electron chi connectivity index (χ0n) is 17.8. The van der Waals surface area contributed by atoms with Crippen molar-refractivity contribution in [2.75, 3.05) is 23.0 Å². The van der Waals surface area contributed by atoms with Crippen LogP contribution in [0.25, 0.3) is 0 Å². The van der Waals surface area contributed by atoms with Crippen LogP contribution >= 0.6 is 11.8 Å². The molecular weight excluding hydrogens is 478 g/mol. The zero-order chi connectivity index (χ0) is 24.8. The van der Waals surface area contributed by atoms with Gasteiger partial charge in [0.25, 0.3) is 5.91 Å². The van der Waals surface area contributed by atoms with Crippen LogP contribution in [-0.2, 0) is 10.0 Å². The largest absolute Gasteiger partial charge is 0.431 e. The monoisotopic (exact) mass is 505 g/mol. The lowest BCUT2D eigenvalue weighted by atomic mass is 9.88. The molecule has 2 aromatic rings. The lowest BCUT2D eigenvalue weighted by Gasteiger charge is -2.40. The fraction of sp³-hybridized carbons (Fsp3) is 0.474. The van der Waals surface area contributed by atoms with Gasteiger partial charge in [-0.2, -0.15) is 16.7 Å². The maximum absolute atomic E-state index is 12.7. The Hall–Kier alpha value is -2.20. The topological polar surface area (TPSA) is 202 Å². The van der Waals surface area contributed by atoms with Crippen LogP contribution in [0.15, 0.2) is 41.0 Å². The average Bonchev–Trinajstić information content (AvgIpc) is 3.23. The number of hydrogen-bond acceptors (Lipinski definition) is 11. The summed E-state index contributed by atoms with van der Waals surface area (Å²) in [5.74, 6) is -0.728. The van der Waals surface area contributed by atoms with Gasteiger partial charge in [0.05, 0.1) is 12.4 Å². The molecule has 2 rings (SSSR count). The summed E-state index contributed by atoms with van der Waals surface area (Å²) in [6, 6.07) is 7.01. The van der Waals surface area contributed by atoms with Gasteiger partial charge in [-0.3, -0.25) is 4.79 Å². The Morgan fingerprint density at radius 1 is 1.21 bits per heavy atom. The van der Waals surface area contributed by atoms with Gasteiger partial charge in [0, 0.05) is 0 Å². The number of nitrogens with one attached hydrogen (secondary N) is 2. The molecule has 5 unspecified atom stereocenters. The normalized spacial score (nSPS) is 17.4. The lowest BCUT2D eigenvalue weighted by Crippen LogP contribution is -2.65. The molecular formula is C19H27N3O9S2. The molecule has 12 nitrogen and oxygen atoms in total. The van der Waals surface area contributed by atoms with Gasteiger partial charge >= 0.3 is 6.01 Å². The number of oxazole rings is 1. The van der Waals surface area contributed by atoms with Crippen LogP contribution in [-0.4, -0.2) is 87.1 Å². The highest BCUT2D eigenvalue weighted by molar-refractivity contribution is 7.98. The highest BCUT2D eigenvalue weighted by Gasteiger charge is 2.50. The highest BCUT2D eigenvalue weighted by atomic mass is 32.2. The molecule has 0 fully saturated rings. The van der Waals surface area contributed by atoms with E-state index in [9.17, 15) is 38.7 Å². The number of anilines is 1. The van der Waals surface area contributed by atoms with Gasteiger partial charge in [-0.1, -0.05) is 30.3 Å². The number of aromatic nitrogens is 1. The number of thioether (sulfide) groups is 1. The summed E-state index contributed by atoms with van der Waals surface area (Å²) >= 11 is 1.38. The second-order valence-electron chi connectivity index (χ2n) is 7.29. The van der Waals surface area contributed by atoms with Crippen molar-refractivity contribution in [1.29, 1.82) is 0 Å². The van der Waals surface area contributed by atoms with Gasteiger partial charge in [0.2, 0.25) is 10.0 Å². The third-order valence-electron chi connectivity index (χ3n) is 4.64. The summed E-state index contributed by atoms with van der Waals surface area (Å²) < 4.78 is 29.3. The molecule has 0 saturated heterocycles. The van der Waals surface area contributed by atoms with Crippen LogP contribution in [0.1, 0.15) is 28.6 Å². The van der Waals surface area contributed by atoms with Gasteiger partial charge in [0.15, 0.2) is 11.4 Å². The minimum absolute atomic E-state index is 0.0641. The van der Waals surface area contributed by atoms with Gasteiger partial charge < -0.3 is 35.3 Å². The number of aliphatic hydroxyl groups is 5. The first kappa shape index (κ1) is 27.0. The van der Waals surface area contributed by atoms with Crippen molar-refractivity contribution in [2.45, 2.75) is 36.6 Å². The maximum Gasteiger partial charge on any atom is 0.309 e. The Labute approximate surface area is 194 Å². The predicted molar refractivity (Wildman–Crippen MR) is 120 cm³/mol. The van der Waals surface area contributed by atoms with Crippen LogP contribution in [0, 0.1) is 0 Å². The van der Waals surface area contributed by atoms with E-state index >= 15 is 0 Å². The Morgan fingerprint density at radius 3 is 2.42 bits per heavy atom. The van der Waals surface area contributed by atoms with E-state index in [0.29, 0.717) is 5.75 Å². The zero-order valence-corrected chi connectivity index (χ0v) is 19.5. The van der Waals surface area contributed by atoms with E-state index in [0.717, 1.165) is 12.5 Å². The molecule has 33 heavy (non-hydrogen) atoms. The molecule has 1 aromatic carbocycles. The summed E-state index contributed by atoms with van der Waals surface area (Å²) in [5.41, 5.74) is -3.30. The number of benzene rings is 1. The molecule has 7 N–H and O–H groups in total. The molecule has 184 valence electrons. The van der Waals surface area contributed by atoms with Gasteiger partial charge in [-0.15, -0.1) is 0 Å². The summed E-state index contributed by atoms with van der Waals surface area (Å²) in [6.07, 6.45) is -4.14. The van der Waals surface area contributed by atoms with E-state index in [1.165, 1.54) is 36.0 Å². The molecule has 0 aliphatic heterocycles. The quantitative estimate of drug-likeness (QED) is 0.175. The first-order chi connectivity index (χ1) is 15.4. The van der Waals surface area contributed by atoms with Gasteiger partial charge in [-0.05, 0) is 24.0 Å². The molecule has 1 aromatic heterocycles. The minimum Gasteiger partial charge on any atom is -0.431 e. The smallest absolute Gasteiger partial charge is 0.309 e. The minimum atomic E-state index is -3.75. The SMILES string of the molecule is CSCCC(O)C(O)C(O)C(O)(NC(=O)c1coc(NS(C)(=O)=O)n1)C(O)c1ccccc1. The number of sulfonamides is 1. The van der Waals surface area contributed by atoms with Crippen molar-refractivity contribution in [3.63, 3.8) is 0 Å². The van der Waals surface area contributed by atoms with Crippen molar-refractivity contribution in [3.8, 4) is 0 Å². The number of rotatable bonds is 12. The molecule has 0 saturated carbocycles. The fourth-order valence-corrected chi connectivity index (χ4v) is 3.79. The van der Waals surface area contributed by atoms with E-state index < -0.39 is 57.8 Å². The Kier molecular flexibility index (Phi) is 9.25. The first-order valence-electron chi connectivity index (χ1n) is 9.63. The molecule has 0 radical (unpaired) electrons. The third-order valence-corrected chi connectivity index (χ3v) is 5.83. The van der Waals surface area contributed by atoms with E-state index in [2.05, 4.69) is 4.98 Å². The number of hydrogen-bond donors (Lipinski definition) is 7. The van der Waals surface area contributed by atoms with E-state index in [-0.39, 0.29) is 12.0 Å². The summed E-state index contributed by atoms with van der Waals surface area (Å²) in [7, 11) is -3.75. The maximum atomic E-state index is 12.7. The fourth-order valence-electron chi connectivity index (χ4n) is 2.90. The Morgan fingerprint density at radius 2 is 1.85 bits per heavy atom. The van der Waals surface area contributed by atoms with Crippen molar-refractivity contribution in [3.05, 3.63) is 47.9 Å². The summed E-state index contributed by atoms with van der Waals surface area (Å²) in [4.78, 5) is 16.3. The van der Waals surface area contributed by atoms with E-state index in [4.69, 9.17) is 4.42 Å². The average molecular weight is 506 g/mol. The Balaban J connectivity index is 2.35. The second kappa shape index (κ2) is 11.3. The number of carbonyl (C=O) groups excluding carboxylic acids is 1. The highest BCUT2D eigenvalue weighted by Crippen LogP contribution is 2.30. The van der Waals surface area contributed by atoms with E-state index in [1.54, 1.807) is 12.3 Å². The molecule has 0 aliphatic rings. The summed E-state index contributed by atoms with van der Waals surface area (Å²) in [6.45, 7) is 0. The van der Waals surface area contributed by atoms with Crippen LogP contribution in [0.4, 0.5) is 6.01 Å². The standard InChI is InChI=1S/C19H27N3O9S2/c1-32-9-8-13(23)14(24)16(26)19(28,15(25)11-6-4-3-5-7-11)21-17(27)12-10-31-18(20-12)22-33(2,29)30/h3-7,10,13-16,23-26,28H,8-9H2,1-2H3,(H,20,22)(H,21,27). The molecule has 0 aliphatic carbocycles. The number of aliphatic hydroxyl groups excluding tert-OH is 4. The van der Waals surface area contributed by atoms with Crippen LogP contribution in [0.2, 0.25) is 0 Å². The predicted octanol–water partition coefficient (Wildman–Crippen LogP) is -0.966. The Bertz CT molecular complexity index is 1020. The molecule has 1 amide bonds. The summed E-state index contributed by atoms with van der Waals surface area (Å²) in [5, 5.41) is 55.3. The van der Waals surface area contributed by atoms with Crippen LogP contribution in [0.5, 0.6) is 0 Å². The molecule has 5 atom stereocenters. The molecule has 1 heterocycles. The third kappa shape index (κ3) is 7.14. The molecule has 14 heteroatoms. The number of nitrogens with zero attached hydrogens (tertiary/aromatic N) is 1. The molecule has 0 spiro atoms. The lowest BCUT2D eigenvalue weighted by molar-refractivity contribution is -0.204. The van der Waals surface area contributed by atoms with Crippen molar-refractivity contribution in [1.82, 2.24) is 10.3 Å². The van der Waals surface area contributed by atoms with Gasteiger partial charge in [-0.25, -0.2) is 13.1 Å². The van der Waals surface area contributed by atoms with E-state index in [1.807, 2.05) is 10.0 Å².